The van der Waals surface area contributed by atoms with Crippen molar-refractivity contribution in [3.8, 4) is 0 Å². The van der Waals surface area contributed by atoms with E-state index < -0.39 is 9.75 Å². The second kappa shape index (κ2) is 4.06. The molecule has 0 heterocycles. The molecule has 0 aromatic carbocycles. The molecule has 16 heavy (non-hydrogen) atoms. The molecule has 92 valence electrons. The lowest BCUT2D eigenvalue weighted by atomic mass is 9.87. The van der Waals surface area contributed by atoms with Crippen molar-refractivity contribution in [3.05, 3.63) is 0 Å². The summed E-state index contributed by atoms with van der Waals surface area (Å²) in [5, 5.41) is 3.09. The van der Waals surface area contributed by atoms with Crippen molar-refractivity contribution in [2.75, 3.05) is 0 Å². The zero-order valence-electron chi connectivity index (χ0n) is 9.85. The van der Waals surface area contributed by atoms with Crippen LogP contribution in [0.25, 0.3) is 0 Å². The Morgan fingerprint density at radius 1 is 1.25 bits per heavy atom. The van der Waals surface area contributed by atoms with Gasteiger partial charge in [-0.15, -0.1) is 23.2 Å². The standard InChI is InChI=1S/C12H19Cl2NO/c1-8-3-5-9(6-4-8)15-10(16)11(2)7-12(11,13)14/h8-9H,3-7H2,1-2H3,(H,15,16). The first kappa shape index (κ1) is 12.5. The van der Waals surface area contributed by atoms with Gasteiger partial charge < -0.3 is 5.32 Å². The maximum absolute atomic E-state index is 12.0. The molecule has 2 saturated carbocycles. The van der Waals surface area contributed by atoms with Gasteiger partial charge in [0.05, 0.1) is 5.41 Å². The molecule has 0 saturated heterocycles. The highest BCUT2D eigenvalue weighted by atomic mass is 35.5. The number of rotatable bonds is 2. The van der Waals surface area contributed by atoms with Gasteiger partial charge in [0.1, 0.15) is 4.33 Å². The third-order valence-electron chi connectivity index (χ3n) is 4.11. The fraction of sp³-hybridized carbons (Fsp3) is 0.917. The summed E-state index contributed by atoms with van der Waals surface area (Å²) in [6, 6.07) is 0.324. The van der Waals surface area contributed by atoms with Gasteiger partial charge >= 0.3 is 0 Å². The lowest BCUT2D eigenvalue weighted by Gasteiger charge is -2.28. The Bertz CT molecular complexity index is 297. The summed E-state index contributed by atoms with van der Waals surface area (Å²) in [5.74, 6) is 0.821. The van der Waals surface area contributed by atoms with Gasteiger partial charge in [0, 0.05) is 6.04 Å². The number of amides is 1. The molecule has 2 fully saturated rings. The van der Waals surface area contributed by atoms with Crippen LogP contribution in [0.4, 0.5) is 0 Å². The van der Waals surface area contributed by atoms with Crippen LogP contribution in [0, 0.1) is 11.3 Å². The van der Waals surface area contributed by atoms with Crippen LogP contribution in [0.3, 0.4) is 0 Å². The normalized spacial score (nSPS) is 41.5. The summed E-state index contributed by atoms with van der Waals surface area (Å²) in [6.45, 7) is 4.11. The number of alkyl halides is 2. The summed E-state index contributed by atoms with van der Waals surface area (Å²) >= 11 is 12.0. The largest absolute Gasteiger partial charge is 0.353 e. The molecule has 0 aliphatic heterocycles. The van der Waals surface area contributed by atoms with Crippen molar-refractivity contribution < 1.29 is 4.79 Å². The van der Waals surface area contributed by atoms with E-state index in [4.69, 9.17) is 23.2 Å². The lowest BCUT2D eigenvalue weighted by Crippen LogP contribution is -2.42. The van der Waals surface area contributed by atoms with Crippen molar-refractivity contribution >= 4 is 29.1 Å². The van der Waals surface area contributed by atoms with E-state index in [-0.39, 0.29) is 5.91 Å². The van der Waals surface area contributed by atoms with Gasteiger partial charge in [-0.2, -0.15) is 0 Å². The topological polar surface area (TPSA) is 29.1 Å². The van der Waals surface area contributed by atoms with Gasteiger partial charge in [0.2, 0.25) is 5.91 Å². The molecule has 2 aliphatic carbocycles. The predicted molar refractivity (Wildman–Crippen MR) is 66.7 cm³/mol. The Morgan fingerprint density at radius 3 is 2.19 bits per heavy atom. The highest BCUT2D eigenvalue weighted by Crippen LogP contribution is 2.63. The van der Waals surface area contributed by atoms with Gasteiger partial charge in [-0.3, -0.25) is 4.79 Å². The average molecular weight is 264 g/mol. The molecule has 4 heteroatoms. The molecular weight excluding hydrogens is 245 g/mol. The Balaban J connectivity index is 1.85. The Hall–Kier alpha value is 0.0500. The van der Waals surface area contributed by atoms with E-state index >= 15 is 0 Å². The SMILES string of the molecule is CC1CCC(NC(=O)C2(C)CC2(Cl)Cl)CC1. The van der Waals surface area contributed by atoms with Gasteiger partial charge in [0.25, 0.3) is 0 Å². The number of carbonyl (C=O) groups is 1. The second-order valence-corrected chi connectivity index (χ2v) is 7.13. The maximum Gasteiger partial charge on any atom is 0.229 e. The first-order valence-corrected chi connectivity index (χ1v) is 6.79. The van der Waals surface area contributed by atoms with E-state index in [9.17, 15) is 4.79 Å². The fourth-order valence-electron chi connectivity index (χ4n) is 2.40. The molecule has 1 amide bonds. The Kier molecular flexibility index (Phi) is 3.17. The molecule has 2 rings (SSSR count). The first-order valence-electron chi connectivity index (χ1n) is 6.04. The zero-order chi connectivity index (χ0) is 12.0. The lowest BCUT2D eigenvalue weighted by molar-refractivity contribution is -0.126. The molecule has 2 nitrogen and oxygen atoms in total. The molecule has 2 aliphatic rings. The highest BCUT2D eigenvalue weighted by Gasteiger charge is 2.68. The molecule has 1 N–H and O–H groups in total. The number of halogens is 2. The van der Waals surface area contributed by atoms with Crippen LogP contribution in [-0.4, -0.2) is 16.3 Å². The Morgan fingerprint density at radius 2 is 1.75 bits per heavy atom. The molecule has 1 atom stereocenters. The minimum absolute atomic E-state index is 0.0250. The predicted octanol–water partition coefficient (Wildman–Crippen LogP) is 3.27. The van der Waals surface area contributed by atoms with Crippen LogP contribution in [0.1, 0.15) is 46.0 Å². The van der Waals surface area contributed by atoms with Crippen molar-refractivity contribution in [2.24, 2.45) is 11.3 Å². The average Bonchev–Trinajstić information content (AvgIpc) is 2.71. The van der Waals surface area contributed by atoms with Gasteiger partial charge in [-0.25, -0.2) is 0 Å². The van der Waals surface area contributed by atoms with Gasteiger partial charge in [-0.05, 0) is 44.9 Å². The summed E-state index contributed by atoms with van der Waals surface area (Å²) in [5.41, 5.74) is -0.570. The number of carbonyl (C=O) groups excluding carboxylic acids is 1. The van der Waals surface area contributed by atoms with E-state index in [1.165, 1.54) is 12.8 Å². The molecule has 0 radical (unpaired) electrons. The summed E-state index contributed by atoms with van der Waals surface area (Å²) < 4.78 is -0.848. The van der Waals surface area contributed by atoms with Crippen molar-refractivity contribution in [2.45, 2.75) is 56.3 Å². The van der Waals surface area contributed by atoms with Crippen LogP contribution in [0.15, 0.2) is 0 Å². The fourth-order valence-corrected chi connectivity index (χ4v) is 3.10. The first-order chi connectivity index (χ1) is 7.35. The quantitative estimate of drug-likeness (QED) is 0.762. The monoisotopic (exact) mass is 263 g/mol. The smallest absolute Gasteiger partial charge is 0.229 e. The second-order valence-electron chi connectivity index (χ2n) is 5.64. The minimum atomic E-state index is -0.848. The number of hydrogen-bond donors (Lipinski definition) is 1. The van der Waals surface area contributed by atoms with E-state index in [1.54, 1.807) is 0 Å². The minimum Gasteiger partial charge on any atom is -0.353 e. The summed E-state index contributed by atoms with van der Waals surface area (Å²) in [7, 11) is 0. The summed E-state index contributed by atoms with van der Waals surface area (Å²) in [6.07, 6.45) is 5.14. The molecule has 0 bridgehead atoms. The number of nitrogens with one attached hydrogen (secondary N) is 1. The molecule has 0 aromatic heterocycles. The molecule has 0 aromatic rings. The summed E-state index contributed by atoms with van der Waals surface area (Å²) in [4.78, 5) is 12.0. The third kappa shape index (κ3) is 2.19. The number of hydrogen-bond acceptors (Lipinski definition) is 1. The van der Waals surface area contributed by atoms with Crippen LogP contribution in [0.5, 0.6) is 0 Å². The molecule has 0 spiro atoms. The van der Waals surface area contributed by atoms with E-state index in [1.807, 2.05) is 6.92 Å². The van der Waals surface area contributed by atoms with Crippen molar-refractivity contribution in [1.82, 2.24) is 5.32 Å². The van der Waals surface area contributed by atoms with E-state index in [2.05, 4.69) is 12.2 Å². The van der Waals surface area contributed by atoms with Crippen LogP contribution < -0.4 is 5.32 Å². The van der Waals surface area contributed by atoms with E-state index in [0.29, 0.717) is 12.5 Å². The van der Waals surface area contributed by atoms with Crippen LogP contribution in [-0.2, 0) is 4.79 Å². The van der Waals surface area contributed by atoms with Gasteiger partial charge in [0.15, 0.2) is 0 Å². The molecular formula is C12H19Cl2NO. The van der Waals surface area contributed by atoms with Gasteiger partial charge in [-0.1, -0.05) is 6.92 Å². The van der Waals surface area contributed by atoms with Crippen LogP contribution >= 0.6 is 23.2 Å². The Labute approximate surface area is 107 Å². The van der Waals surface area contributed by atoms with Crippen LogP contribution in [0.2, 0.25) is 0 Å². The van der Waals surface area contributed by atoms with Crippen molar-refractivity contribution in [3.63, 3.8) is 0 Å². The maximum atomic E-state index is 12.0. The zero-order valence-corrected chi connectivity index (χ0v) is 11.4. The van der Waals surface area contributed by atoms with Crippen molar-refractivity contribution in [1.29, 1.82) is 0 Å². The highest BCUT2D eigenvalue weighted by molar-refractivity contribution is 6.53. The van der Waals surface area contributed by atoms with E-state index in [0.717, 1.165) is 18.8 Å². The molecule has 1 unspecified atom stereocenters. The third-order valence-corrected chi connectivity index (χ3v) is 5.21.